The van der Waals surface area contributed by atoms with Crippen LogP contribution in [0.4, 0.5) is 0 Å². The zero-order chi connectivity index (χ0) is 14.8. The van der Waals surface area contributed by atoms with E-state index in [0.29, 0.717) is 5.25 Å². The summed E-state index contributed by atoms with van der Waals surface area (Å²) in [5.74, 6) is -0.204. The lowest BCUT2D eigenvalue weighted by Gasteiger charge is -2.26. The number of aromatic carboxylic acids is 1. The molecule has 110 valence electrons. The Labute approximate surface area is 128 Å². The highest BCUT2D eigenvalue weighted by Crippen LogP contribution is 2.38. The average molecular weight is 301 g/mol. The molecular weight excluding hydrogens is 282 g/mol. The quantitative estimate of drug-likeness (QED) is 0.900. The van der Waals surface area contributed by atoms with Crippen LogP contribution in [0.2, 0.25) is 0 Å². The van der Waals surface area contributed by atoms with Crippen molar-refractivity contribution >= 4 is 28.5 Å². The molecule has 0 spiro atoms. The van der Waals surface area contributed by atoms with Gasteiger partial charge in [0.05, 0.1) is 0 Å². The smallest absolute Gasteiger partial charge is 0.354 e. The zero-order valence-corrected chi connectivity index (χ0v) is 12.9. The van der Waals surface area contributed by atoms with E-state index in [2.05, 4.69) is 11.9 Å². The van der Waals surface area contributed by atoms with Gasteiger partial charge in [-0.2, -0.15) is 0 Å². The Bertz CT molecular complexity index is 671. The van der Waals surface area contributed by atoms with Crippen LogP contribution in [-0.4, -0.2) is 21.3 Å². The van der Waals surface area contributed by atoms with Gasteiger partial charge >= 0.3 is 5.97 Å². The standard InChI is InChI=1S/C17H19NO2S/c1-11-5-4-7-13(9-11)21-16-14-8-3-2-6-12(14)10-15(18-16)17(19)20/h2-3,6,8,10-11,13H,4-5,7,9H2,1H3,(H,19,20). The first kappa shape index (κ1) is 14.4. The number of carbonyl (C=O) groups is 1. The fraction of sp³-hybridized carbons (Fsp3) is 0.412. The molecule has 1 aliphatic rings. The molecule has 1 heterocycles. The van der Waals surface area contributed by atoms with Crippen molar-refractivity contribution in [2.45, 2.75) is 42.9 Å². The minimum atomic E-state index is -0.959. The maximum atomic E-state index is 11.3. The third kappa shape index (κ3) is 3.21. The molecule has 21 heavy (non-hydrogen) atoms. The minimum absolute atomic E-state index is 0.139. The lowest BCUT2D eigenvalue weighted by atomic mass is 9.91. The van der Waals surface area contributed by atoms with Gasteiger partial charge in [0, 0.05) is 10.6 Å². The molecular formula is C17H19NO2S. The molecule has 1 saturated carbocycles. The molecule has 2 atom stereocenters. The first-order chi connectivity index (χ1) is 10.1. The number of pyridine rings is 1. The highest BCUT2D eigenvalue weighted by Gasteiger charge is 2.22. The third-order valence-corrected chi connectivity index (χ3v) is 5.39. The van der Waals surface area contributed by atoms with Crippen molar-refractivity contribution < 1.29 is 9.90 Å². The lowest BCUT2D eigenvalue weighted by molar-refractivity contribution is 0.0690. The van der Waals surface area contributed by atoms with Gasteiger partial charge in [-0.15, -0.1) is 11.8 Å². The molecule has 3 rings (SSSR count). The molecule has 0 aliphatic heterocycles. The van der Waals surface area contributed by atoms with Crippen LogP contribution < -0.4 is 0 Å². The molecule has 0 bridgehead atoms. The number of aromatic nitrogens is 1. The second-order valence-electron chi connectivity index (χ2n) is 5.85. The predicted octanol–water partition coefficient (Wildman–Crippen LogP) is 4.60. The Morgan fingerprint density at radius 3 is 2.90 bits per heavy atom. The van der Waals surface area contributed by atoms with Crippen LogP contribution in [0.1, 0.15) is 43.1 Å². The molecule has 1 N–H and O–H groups in total. The number of hydrogen-bond acceptors (Lipinski definition) is 3. The highest BCUT2D eigenvalue weighted by molar-refractivity contribution is 8.00. The van der Waals surface area contributed by atoms with E-state index in [9.17, 15) is 9.90 Å². The van der Waals surface area contributed by atoms with Crippen LogP contribution in [0, 0.1) is 5.92 Å². The van der Waals surface area contributed by atoms with Crippen molar-refractivity contribution in [1.82, 2.24) is 4.98 Å². The first-order valence-electron chi connectivity index (χ1n) is 7.43. The minimum Gasteiger partial charge on any atom is -0.477 e. The van der Waals surface area contributed by atoms with E-state index < -0.39 is 5.97 Å². The van der Waals surface area contributed by atoms with E-state index in [0.717, 1.165) is 21.7 Å². The van der Waals surface area contributed by atoms with E-state index >= 15 is 0 Å². The molecule has 2 aromatic rings. The summed E-state index contributed by atoms with van der Waals surface area (Å²) in [7, 11) is 0. The van der Waals surface area contributed by atoms with Crippen molar-refractivity contribution in [2.24, 2.45) is 5.92 Å². The van der Waals surface area contributed by atoms with Gasteiger partial charge < -0.3 is 5.11 Å². The van der Waals surface area contributed by atoms with Crippen molar-refractivity contribution in [2.75, 3.05) is 0 Å². The largest absolute Gasteiger partial charge is 0.477 e. The van der Waals surface area contributed by atoms with E-state index in [-0.39, 0.29) is 5.69 Å². The number of fused-ring (bicyclic) bond motifs is 1. The van der Waals surface area contributed by atoms with Crippen LogP contribution in [-0.2, 0) is 0 Å². The molecule has 1 aromatic carbocycles. The van der Waals surface area contributed by atoms with E-state index in [1.54, 1.807) is 17.8 Å². The lowest BCUT2D eigenvalue weighted by Crippen LogP contribution is -2.15. The summed E-state index contributed by atoms with van der Waals surface area (Å²) in [6.07, 6.45) is 4.95. The molecule has 4 heteroatoms. The summed E-state index contributed by atoms with van der Waals surface area (Å²) in [4.78, 5) is 15.7. The number of rotatable bonds is 3. The fourth-order valence-corrected chi connectivity index (χ4v) is 4.50. The van der Waals surface area contributed by atoms with Gasteiger partial charge in [-0.25, -0.2) is 9.78 Å². The van der Waals surface area contributed by atoms with Crippen LogP contribution in [0.15, 0.2) is 35.4 Å². The molecule has 2 unspecified atom stereocenters. The molecule has 0 amide bonds. The monoisotopic (exact) mass is 301 g/mol. The summed E-state index contributed by atoms with van der Waals surface area (Å²) in [6, 6.07) is 9.56. The molecule has 1 fully saturated rings. The summed E-state index contributed by atoms with van der Waals surface area (Å²) < 4.78 is 0. The maximum Gasteiger partial charge on any atom is 0.354 e. The van der Waals surface area contributed by atoms with Crippen LogP contribution in [0.3, 0.4) is 0 Å². The van der Waals surface area contributed by atoms with Gasteiger partial charge in [0.15, 0.2) is 0 Å². The van der Waals surface area contributed by atoms with Crippen LogP contribution in [0.5, 0.6) is 0 Å². The maximum absolute atomic E-state index is 11.3. The first-order valence-corrected chi connectivity index (χ1v) is 8.31. The zero-order valence-electron chi connectivity index (χ0n) is 12.1. The second kappa shape index (κ2) is 6.06. The van der Waals surface area contributed by atoms with Gasteiger partial charge in [0.2, 0.25) is 0 Å². The summed E-state index contributed by atoms with van der Waals surface area (Å²) >= 11 is 1.75. The average Bonchev–Trinajstić information content (AvgIpc) is 2.47. The molecule has 1 aliphatic carbocycles. The van der Waals surface area contributed by atoms with Gasteiger partial charge in [-0.05, 0) is 30.2 Å². The molecule has 0 radical (unpaired) electrons. The Balaban J connectivity index is 1.97. The van der Waals surface area contributed by atoms with Crippen LogP contribution >= 0.6 is 11.8 Å². The Kier molecular flexibility index (Phi) is 4.15. The summed E-state index contributed by atoms with van der Waals surface area (Å²) in [5.41, 5.74) is 0.139. The van der Waals surface area contributed by atoms with Gasteiger partial charge in [0.1, 0.15) is 10.7 Å². The number of hydrogen-bond donors (Lipinski definition) is 1. The van der Waals surface area contributed by atoms with Gasteiger partial charge in [0.25, 0.3) is 0 Å². The third-order valence-electron chi connectivity index (χ3n) is 4.09. The SMILES string of the molecule is CC1CCCC(Sc2nc(C(=O)O)cc3ccccc23)C1. The second-order valence-corrected chi connectivity index (χ2v) is 7.14. The summed E-state index contributed by atoms with van der Waals surface area (Å²) in [6.45, 7) is 2.30. The number of thioether (sulfide) groups is 1. The van der Waals surface area contributed by atoms with Crippen LogP contribution in [0.25, 0.3) is 10.8 Å². The number of carboxylic acid groups (broad SMARTS) is 1. The highest BCUT2D eigenvalue weighted by atomic mass is 32.2. The van der Waals surface area contributed by atoms with E-state index in [1.807, 2.05) is 24.3 Å². The topological polar surface area (TPSA) is 50.2 Å². The number of benzene rings is 1. The Morgan fingerprint density at radius 1 is 1.33 bits per heavy atom. The molecule has 1 aromatic heterocycles. The molecule has 3 nitrogen and oxygen atoms in total. The Morgan fingerprint density at radius 2 is 2.14 bits per heavy atom. The molecule has 0 saturated heterocycles. The predicted molar refractivity (Wildman–Crippen MR) is 86.0 cm³/mol. The van der Waals surface area contributed by atoms with E-state index in [1.165, 1.54) is 25.7 Å². The van der Waals surface area contributed by atoms with Crippen molar-refractivity contribution in [3.05, 3.63) is 36.0 Å². The number of nitrogens with zero attached hydrogens (tertiary/aromatic N) is 1. The van der Waals surface area contributed by atoms with Crippen molar-refractivity contribution in [3.8, 4) is 0 Å². The van der Waals surface area contributed by atoms with Gasteiger partial charge in [-0.3, -0.25) is 0 Å². The summed E-state index contributed by atoms with van der Waals surface area (Å²) in [5, 5.41) is 12.7. The number of carboxylic acids is 1. The van der Waals surface area contributed by atoms with E-state index in [4.69, 9.17) is 0 Å². The van der Waals surface area contributed by atoms with Crippen molar-refractivity contribution in [1.29, 1.82) is 0 Å². The van der Waals surface area contributed by atoms with Gasteiger partial charge in [-0.1, -0.05) is 44.0 Å². The fourth-order valence-electron chi connectivity index (χ4n) is 3.01. The van der Waals surface area contributed by atoms with Crippen molar-refractivity contribution in [3.63, 3.8) is 0 Å². The normalized spacial score (nSPS) is 22.3. The Hall–Kier alpha value is -1.55.